The number of hydrogen-bond donors (Lipinski definition) is 2. The van der Waals surface area contributed by atoms with Crippen LogP contribution in [0.25, 0.3) is 11.3 Å². The van der Waals surface area contributed by atoms with Crippen LogP contribution in [0.4, 0.5) is 19.6 Å². The highest BCUT2D eigenvalue weighted by molar-refractivity contribution is 7.14. The molecule has 3 rings (SSSR count). The minimum Gasteiger partial charge on any atom is -0.326 e. The molecule has 5 nitrogen and oxygen atoms in total. The van der Waals surface area contributed by atoms with Crippen LogP contribution in [-0.4, -0.2) is 16.8 Å². The summed E-state index contributed by atoms with van der Waals surface area (Å²) in [4.78, 5) is 27.5. The molecule has 1 aromatic heterocycles. The van der Waals surface area contributed by atoms with Gasteiger partial charge in [0.25, 0.3) is 5.91 Å². The van der Waals surface area contributed by atoms with Crippen LogP contribution >= 0.6 is 11.3 Å². The minimum absolute atomic E-state index is 0.249. The fourth-order valence-corrected chi connectivity index (χ4v) is 3.12. The summed E-state index contributed by atoms with van der Waals surface area (Å²) < 4.78 is 27.6. The number of hydrogen-bond acceptors (Lipinski definition) is 4. The lowest BCUT2D eigenvalue weighted by atomic mass is 10.1. The van der Waals surface area contributed by atoms with Gasteiger partial charge in [-0.2, -0.15) is 0 Å². The van der Waals surface area contributed by atoms with Crippen molar-refractivity contribution >= 4 is 34.0 Å². The predicted molar refractivity (Wildman–Crippen MR) is 101 cm³/mol. The standard InChI is InChI=1S/C19H15F2N3O2S/c1-10-7-12(3-6-15(10)20)18(26)24-19-23-17(9-27-19)14-5-4-13(8-16(14)21)22-11(2)25/h3-9H,1-2H3,(H,22,25)(H,23,24,26). The van der Waals surface area contributed by atoms with Crippen LogP contribution in [0.5, 0.6) is 0 Å². The van der Waals surface area contributed by atoms with E-state index in [-0.39, 0.29) is 17.3 Å². The Kier molecular flexibility index (Phi) is 5.27. The molecule has 0 radical (unpaired) electrons. The lowest BCUT2D eigenvalue weighted by Gasteiger charge is -2.05. The van der Waals surface area contributed by atoms with Crippen molar-refractivity contribution in [1.29, 1.82) is 0 Å². The molecule has 0 unspecified atom stereocenters. The molecule has 0 atom stereocenters. The number of thiazole rings is 1. The van der Waals surface area contributed by atoms with Crippen molar-refractivity contribution in [2.45, 2.75) is 13.8 Å². The number of nitrogens with zero attached hydrogens (tertiary/aromatic N) is 1. The number of aryl methyl sites for hydroxylation is 1. The first-order valence-corrected chi connectivity index (χ1v) is 8.82. The number of amides is 2. The second-order valence-corrected chi connectivity index (χ2v) is 6.69. The van der Waals surface area contributed by atoms with Crippen LogP contribution in [0, 0.1) is 18.6 Å². The summed E-state index contributed by atoms with van der Waals surface area (Å²) in [7, 11) is 0. The second-order valence-electron chi connectivity index (χ2n) is 5.83. The van der Waals surface area contributed by atoms with Gasteiger partial charge in [-0.1, -0.05) is 0 Å². The smallest absolute Gasteiger partial charge is 0.257 e. The van der Waals surface area contributed by atoms with E-state index >= 15 is 0 Å². The highest BCUT2D eigenvalue weighted by Gasteiger charge is 2.14. The molecule has 8 heteroatoms. The highest BCUT2D eigenvalue weighted by Crippen LogP contribution is 2.29. The largest absolute Gasteiger partial charge is 0.326 e. The molecule has 2 amide bonds. The Hall–Kier alpha value is -3.13. The van der Waals surface area contributed by atoms with Crippen LogP contribution in [-0.2, 0) is 4.79 Å². The summed E-state index contributed by atoms with van der Waals surface area (Å²) in [5, 5.41) is 7.03. The highest BCUT2D eigenvalue weighted by atomic mass is 32.1. The van der Waals surface area contributed by atoms with Crippen LogP contribution in [0.1, 0.15) is 22.8 Å². The van der Waals surface area contributed by atoms with E-state index in [1.54, 1.807) is 18.4 Å². The fourth-order valence-electron chi connectivity index (χ4n) is 2.41. The summed E-state index contributed by atoms with van der Waals surface area (Å²) in [5.41, 5.74) is 1.62. The normalized spacial score (nSPS) is 10.5. The first-order valence-electron chi connectivity index (χ1n) is 7.94. The Balaban J connectivity index is 1.77. The van der Waals surface area contributed by atoms with E-state index in [4.69, 9.17) is 0 Å². The van der Waals surface area contributed by atoms with Crippen molar-refractivity contribution in [3.05, 3.63) is 64.5 Å². The van der Waals surface area contributed by atoms with E-state index in [1.165, 1.54) is 37.3 Å². The van der Waals surface area contributed by atoms with Crippen molar-refractivity contribution in [2.75, 3.05) is 10.6 Å². The first-order chi connectivity index (χ1) is 12.8. The molecule has 0 aliphatic carbocycles. The molecule has 2 N–H and O–H groups in total. The van der Waals surface area contributed by atoms with Crippen molar-refractivity contribution in [2.24, 2.45) is 0 Å². The summed E-state index contributed by atoms with van der Waals surface area (Å²) in [5.74, 6) is -1.66. The monoisotopic (exact) mass is 387 g/mol. The van der Waals surface area contributed by atoms with Crippen LogP contribution < -0.4 is 10.6 Å². The molecule has 0 saturated carbocycles. The quantitative estimate of drug-likeness (QED) is 0.687. The van der Waals surface area contributed by atoms with E-state index in [0.717, 1.165) is 11.3 Å². The van der Waals surface area contributed by atoms with Crippen molar-refractivity contribution in [3.8, 4) is 11.3 Å². The number of halogens is 2. The van der Waals surface area contributed by atoms with Gasteiger partial charge in [-0.05, 0) is 48.9 Å². The van der Waals surface area contributed by atoms with Crippen LogP contribution in [0.3, 0.4) is 0 Å². The lowest BCUT2D eigenvalue weighted by molar-refractivity contribution is -0.114. The number of anilines is 2. The third kappa shape index (κ3) is 4.35. The molecule has 0 fully saturated rings. The average molecular weight is 387 g/mol. The molecule has 1 heterocycles. The molecular weight excluding hydrogens is 372 g/mol. The Morgan fingerprint density at radius 3 is 2.48 bits per heavy atom. The topological polar surface area (TPSA) is 71.1 Å². The molecule has 0 saturated heterocycles. The molecule has 138 valence electrons. The van der Waals surface area contributed by atoms with Crippen LogP contribution in [0.2, 0.25) is 0 Å². The third-order valence-corrected chi connectivity index (χ3v) is 4.47. The van der Waals surface area contributed by atoms with Crippen LogP contribution in [0.15, 0.2) is 41.8 Å². The number of benzene rings is 2. The average Bonchev–Trinajstić information content (AvgIpc) is 3.05. The van der Waals surface area contributed by atoms with Gasteiger partial charge in [0.15, 0.2) is 5.13 Å². The summed E-state index contributed by atoms with van der Waals surface area (Å²) in [6, 6.07) is 8.33. The van der Waals surface area contributed by atoms with Gasteiger partial charge in [0.05, 0.1) is 5.69 Å². The number of rotatable bonds is 4. The van der Waals surface area contributed by atoms with Gasteiger partial charge in [0, 0.05) is 29.1 Å². The zero-order chi connectivity index (χ0) is 19.6. The van der Waals surface area contributed by atoms with Gasteiger partial charge < -0.3 is 5.32 Å². The van der Waals surface area contributed by atoms with Gasteiger partial charge in [0.2, 0.25) is 5.91 Å². The number of aromatic nitrogens is 1. The molecule has 0 aliphatic heterocycles. The Morgan fingerprint density at radius 2 is 1.81 bits per heavy atom. The fraction of sp³-hybridized carbons (Fsp3) is 0.105. The summed E-state index contributed by atoms with van der Waals surface area (Å²) in [6.45, 7) is 2.91. The summed E-state index contributed by atoms with van der Waals surface area (Å²) in [6.07, 6.45) is 0. The van der Waals surface area contributed by atoms with Crippen molar-refractivity contribution in [3.63, 3.8) is 0 Å². The molecule has 0 bridgehead atoms. The molecule has 0 spiro atoms. The van der Waals surface area contributed by atoms with Gasteiger partial charge in [-0.25, -0.2) is 13.8 Å². The number of carbonyl (C=O) groups is 2. The first kappa shape index (κ1) is 18.7. The molecular formula is C19H15F2N3O2S. The SMILES string of the molecule is CC(=O)Nc1ccc(-c2csc(NC(=O)c3ccc(F)c(C)c3)n2)c(F)c1. The van der Waals surface area contributed by atoms with Crippen molar-refractivity contribution in [1.82, 2.24) is 4.98 Å². The molecule has 3 aromatic rings. The van der Waals surface area contributed by atoms with Crippen molar-refractivity contribution < 1.29 is 18.4 Å². The maximum Gasteiger partial charge on any atom is 0.257 e. The molecule has 0 aliphatic rings. The van der Waals surface area contributed by atoms with Gasteiger partial charge in [-0.3, -0.25) is 14.9 Å². The second kappa shape index (κ2) is 7.63. The number of nitrogens with one attached hydrogen (secondary N) is 2. The Morgan fingerprint density at radius 1 is 1.04 bits per heavy atom. The van der Waals surface area contributed by atoms with Gasteiger partial charge in [0.1, 0.15) is 11.6 Å². The zero-order valence-corrected chi connectivity index (χ0v) is 15.3. The summed E-state index contributed by atoms with van der Waals surface area (Å²) >= 11 is 1.14. The lowest BCUT2D eigenvalue weighted by Crippen LogP contribution is -2.12. The molecule has 2 aromatic carbocycles. The minimum atomic E-state index is -0.543. The maximum absolute atomic E-state index is 14.3. The maximum atomic E-state index is 14.3. The molecule has 27 heavy (non-hydrogen) atoms. The predicted octanol–water partition coefficient (Wildman–Crippen LogP) is 4.61. The van der Waals surface area contributed by atoms with E-state index < -0.39 is 11.7 Å². The third-order valence-electron chi connectivity index (χ3n) is 3.71. The Bertz CT molecular complexity index is 1030. The number of carbonyl (C=O) groups excluding carboxylic acids is 2. The zero-order valence-electron chi connectivity index (χ0n) is 14.5. The Labute approximate surface area is 158 Å². The van der Waals surface area contributed by atoms with Gasteiger partial charge in [-0.15, -0.1) is 11.3 Å². The van der Waals surface area contributed by atoms with E-state index in [0.29, 0.717) is 27.6 Å². The van der Waals surface area contributed by atoms with E-state index in [9.17, 15) is 18.4 Å². The van der Waals surface area contributed by atoms with E-state index in [1.807, 2.05) is 0 Å². The van der Waals surface area contributed by atoms with E-state index in [2.05, 4.69) is 15.6 Å². The van der Waals surface area contributed by atoms with Gasteiger partial charge >= 0.3 is 0 Å².